The van der Waals surface area contributed by atoms with E-state index in [0.717, 1.165) is 27.9 Å². The van der Waals surface area contributed by atoms with Gasteiger partial charge < -0.3 is 9.52 Å². The van der Waals surface area contributed by atoms with Crippen LogP contribution in [0.3, 0.4) is 0 Å². The molecule has 0 spiro atoms. The fraction of sp³-hybridized carbons (Fsp3) is 0.263. The second-order valence-corrected chi connectivity index (χ2v) is 5.71. The molecule has 0 saturated carbocycles. The number of aliphatic hydroxyl groups is 1. The topological polar surface area (TPSA) is 33.4 Å². The predicted octanol–water partition coefficient (Wildman–Crippen LogP) is 4.63. The molecule has 1 heterocycles. The van der Waals surface area contributed by atoms with Crippen molar-refractivity contribution in [3.63, 3.8) is 0 Å². The van der Waals surface area contributed by atoms with Crippen LogP contribution >= 0.6 is 0 Å². The largest absolute Gasteiger partial charge is 0.461 e. The summed E-state index contributed by atoms with van der Waals surface area (Å²) >= 11 is 0. The normalized spacial score (nSPS) is 12.8. The second-order valence-electron chi connectivity index (χ2n) is 5.71. The van der Waals surface area contributed by atoms with E-state index in [0.29, 0.717) is 6.42 Å². The Bertz CT molecular complexity index is 783. The van der Waals surface area contributed by atoms with Crippen molar-refractivity contribution in [3.05, 3.63) is 70.5 Å². The lowest BCUT2D eigenvalue weighted by molar-refractivity contribution is 0.177. The molecule has 0 radical (unpaired) electrons. The summed E-state index contributed by atoms with van der Waals surface area (Å²) in [5.74, 6) is 0.799. The van der Waals surface area contributed by atoms with Gasteiger partial charge in [0.1, 0.15) is 11.3 Å². The molecule has 0 amide bonds. The van der Waals surface area contributed by atoms with Gasteiger partial charge in [-0.1, -0.05) is 36.4 Å². The zero-order chi connectivity index (χ0) is 15.0. The smallest absolute Gasteiger partial charge is 0.134 e. The Hall–Kier alpha value is -2.06. The van der Waals surface area contributed by atoms with Crippen molar-refractivity contribution < 1.29 is 9.52 Å². The van der Waals surface area contributed by atoms with Crippen LogP contribution in [0.1, 0.15) is 34.1 Å². The van der Waals surface area contributed by atoms with Crippen LogP contribution < -0.4 is 0 Å². The fourth-order valence-corrected chi connectivity index (χ4v) is 2.86. The molecule has 0 aliphatic heterocycles. The maximum atomic E-state index is 10.6. The number of para-hydroxylation sites is 1. The van der Waals surface area contributed by atoms with E-state index in [2.05, 4.69) is 32.0 Å². The zero-order valence-corrected chi connectivity index (χ0v) is 12.7. The highest BCUT2D eigenvalue weighted by Crippen LogP contribution is 2.32. The first kappa shape index (κ1) is 13.9. The van der Waals surface area contributed by atoms with Crippen molar-refractivity contribution in [2.45, 2.75) is 33.3 Å². The molecule has 0 fully saturated rings. The summed E-state index contributed by atoms with van der Waals surface area (Å²) in [6.07, 6.45) is 0.0571. The van der Waals surface area contributed by atoms with Crippen molar-refractivity contribution >= 4 is 11.0 Å². The van der Waals surface area contributed by atoms with Gasteiger partial charge in [-0.25, -0.2) is 0 Å². The lowest BCUT2D eigenvalue weighted by Gasteiger charge is -2.12. The van der Waals surface area contributed by atoms with Crippen molar-refractivity contribution in [3.8, 4) is 0 Å². The molecule has 3 rings (SSSR count). The van der Waals surface area contributed by atoms with Crippen LogP contribution in [0.15, 0.2) is 46.9 Å². The van der Waals surface area contributed by atoms with Gasteiger partial charge in [0.05, 0.1) is 6.10 Å². The minimum absolute atomic E-state index is 0.546. The number of fused-ring (bicyclic) bond motifs is 1. The molecule has 108 valence electrons. The molecule has 1 unspecified atom stereocenters. The SMILES string of the molecule is Cc1ccc(CC(O)c2c(C)oc3ccccc23)cc1C. The molecular formula is C19H20O2. The van der Waals surface area contributed by atoms with Crippen molar-refractivity contribution in [1.82, 2.24) is 0 Å². The molecule has 0 aliphatic carbocycles. The van der Waals surface area contributed by atoms with E-state index < -0.39 is 6.10 Å². The van der Waals surface area contributed by atoms with Gasteiger partial charge in [-0.15, -0.1) is 0 Å². The molecule has 1 N–H and O–H groups in total. The maximum absolute atomic E-state index is 10.6. The molecule has 1 aromatic heterocycles. The first-order valence-electron chi connectivity index (χ1n) is 7.28. The molecule has 2 aromatic carbocycles. The van der Waals surface area contributed by atoms with Gasteiger partial charge in [0.15, 0.2) is 0 Å². The number of aryl methyl sites for hydroxylation is 3. The van der Waals surface area contributed by atoms with Gasteiger partial charge in [0.25, 0.3) is 0 Å². The highest BCUT2D eigenvalue weighted by Gasteiger charge is 2.18. The quantitative estimate of drug-likeness (QED) is 0.758. The van der Waals surface area contributed by atoms with Crippen LogP contribution in [0.5, 0.6) is 0 Å². The average molecular weight is 280 g/mol. The van der Waals surface area contributed by atoms with Gasteiger partial charge in [-0.05, 0) is 43.5 Å². The molecule has 2 nitrogen and oxygen atoms in total. The first-order chi connectivity index (χ1) is 10.1. The lowest BCUT2D eigenvalue weighted by Crippen LogP contribution is -2.03. The van der Waals surface area contributed by atoms with Gasteiger partial charge in [0.2, 0.25) is 0 Å². The minimum Gasteiger partial charge on any atom is -0.461 e. The Balaban J connectivity index is 1.95. The number of hydrogen-bond donors (Lipinski definition) is 1. The summed E-state index contributed by atoms with van der Waals surface area (Å²) in [7, 11) is 0. The van der Waals surface area contributed by atoms with Gasteiger partial charge in [0, 0.05) is 17.4 Å². The van der Waals surface area contributed by atoms with Crippen LogP contribution in [0, 0.1) is 20.8 Å². The summed E-state index contributed by atoms with van der Waals surface area (Å²) in [6, 6.07) is 14.2. The Morgan fingerprint density at radius 1 is 1.00 bits per heavy atom. The van der Waals surface area contributed by atoms with Crippen LogP contribution in [0.4, 0.5) is 0 Å². The van der Waals surface area contributed by atoms with Crippen LogP contribution in [-0.4, -0.2) is 5.11 Å². The van der Waals surface area contributed by atoms with Crippen LogP contribution in [-0.2, 0) is 6.42 Å². The van der Waals surface area contributed by atoms with E-state index in [-0.39, 0.29) is 0 Å². The van der Waals surface area contributed by atoms with E-state index in [1.165, 1.54) is 11.1 Å². The third kappa shape index (κ3) is 2.59. The summed E-state index contributed by atoms with van der Waals surface area (Å²) in [5, 5.41) is 11.6. The maximum Gasteiger partial charge on any atom is 0.134 e. The van der Waals surface area contributed by atoms with E-state index >= 15 is 0 Å². The number of aliphatic hydroxyl groups excluding tert-OH is 1. The molecule has 2 heteroatoms. The first-order valence-corrected chi connectivity index (χ1v) is 7.28. The van der Waals surface area contributed by atoms with Crippen LogP contribution in [0.2, 0.25) is 0 Å². The van der Waals surface area contributed by atoms with Crippen molar-refractivity contribution in [2.24, 2.45) is 0 Å². The second kappa shape index (κ2) is 5.38. The minimum atomic E-state index is -0.546. The average Bonchev–Trinajstić information content (AvgIpc) is 2.78. The van der Waals surface area contributed by atoms with Gasteiger partial charge in [-0.2, -0.15) is 0 Å². The summed E-state index contributed by atoms with van der Waals surface area (Å²) in [6.45, 7) is 6.12. The van der Waals surface area contributed by atoms with Crippen molar-refractivity contribution in [2.75, 3.05) is 0 Å². The lowest BCUT2D eigenvalue weighted by atomic mass is 9.97. The highest BCUT2D eigenvalue weighted by molar-refractivity contribution is 5.82. The highest BCUT2D eigenvalue weighted by atomic mass is 16.3. The number of hydrogen-bond acceptors (Lipinski definition) is 2. The number of furan rings is 1. The summed E-state index contributed by atoms with van der Waals surface area (Å²) < 4.78 is 5.74. The van der Waals surface area contributed by atoms with E-state index in [1.807, 2.05) is 31.2 Å². The molecule has 0 saturated heterocycles. The summed E-state index contributed by atoms with van der Waals surface area (Å²) in [5.41, 5.74) is 5.43. The van der Waals surface area contributed by atoms with E-state index in [9.17, 15) is 5.11 Å². The molecule has 21 heavy (non-hydrogen) atoms. The number of rotatable bonds is 3. The predicted molar refractivity (Wildman–Crippen MR) is 85.5 cm³/mol. The van der Waals surface area contributed by atoms with Crippen molar-refractivity contribution in [1.29, 1.82) is 0 Å². The number of benzene rings is 2. The van der Waals surface area contributed by atoms with Gasteiger partial charge in [-0.3, -0.25) is 0 Å². The standard InChI is InChI=1S/C19H20O2/c1-12-8-9-15(10-13(12)2)11-17(20)19-14(3)21-18-7-5-4-6-16(18)19/h4-10,17,20H,11H2,1-3H3. The Morgan fingerprint density at radius 3 is 2.52 bits per heavy atom. The Morgan fingerprint density at radius 2 is 1.76 bits per heavy atom. The molecule has 3 aromatic rings. The van der Waals surface area contributed by atoms with Crippen LogP contribution in [0.25, 0.3) is 11.0 Å². The zero-order valence-electron chi connectivity index (χ0n) is 12.7. The summed E-state index contributed by atoms with van der Waals surface area (Å²) in [4.78, 5) is 0. The third-order valence-corrected chi connectivity index (χ3v) is 4.15. The van der Waals surface area contributed by atoms with E-state index in [4.69, 9.17) is 4.42 Å². The molecule has 0 bridgehead atoms. The molecule has 0 aliphatic rings. The molecular weight excluding hydrogens is 260 g/mol. The monoisotopic (exact) mass is 280 g/mol. The Kier molecular flexibility index (Phi) is 3.56. The third-order valence-electron chi connectivity index (χ3n) is 4.15. The van der Waals surface area contributed by atoms with Gasteiger partial charge >= 0.3 is 0 Å². The van der Waals surface area contributed by atoms with E-state index in [1.54, 1.807) is 0 Å². The fourth-order valence-electron chi connectivity index (χ4n) is 2.86. The molecule has 1 atom stereocenters. The Labute approximate surface area is 125 Å².